The molecule has 5 aromatic carbocycles. The average Bonchev–Trinajstić information content (AvgIpc) is 3.55. The van der Waals surface area contributed by atoms with Gasteiger partial charge in [-0.05, 0) is 72.7 Å². The molecule has 1 N–H and O–H groups in total. The van der Waals surface area contributed by atoms with Crippen LogP contribution in [0, 0.1) is 19.8 Å². The van der Waals surface area contributed by atoms with Crippen molar-refractivity contribution in [2.45, 2.75) is 45.8 Å². The minimum absolute atomic E-state index is 0.0790. The number of carbonyl (C=O) groups is 3. The standard InChI is InChI=1S/C44H42N2O4/c1-30-22-31(2)24-36(23-30)43(48)46(3)41(25-32-18-20-35(21-19-32)34-14-8-5-9-15-34)42(47)27-37(44(49)50-29-33-12-6-4-7-13-33)26-38-28-45-40-17-11-10-16-39(38)40/h4-24,28,37,41,45H,25-27,29H2,1-3H3/t37-,41-/m1/s1. The van der Waals surface area contributed by atoms with Crippen LogP contribution in [0.5, 0.6) is 0 Å². The molecule has 6 nitrogen and oxygen atoms in total. The summed E-state index contributed by atoms with van der Waals surface area (Å²) in [6.07, 6.45) is 2.44. The first-order chi connectivity index (χ1) is 24.2. The Labute approximate surface area is 293 Å². The summed E-state index contributed by atoms with van der Waals surface area (Å²) in [4.78, 5) is 47.1. The van der Waals surface area contributed by atoms with Crippen LogP contribution in [0.2, 0.25) is 0 Å². The lowest BCUT2D eigenvalue weighted by Gasteiger charge is -2.29. The van der Waals surface area contributed by atoms with Crippen LogP contribution in [0.3, 0.4) is 0 Å². The molecule has 6 aromatic rings. The zero-order chi connectivity index (χ0) is 35.0. The van der Waals surface area contributed by atoms with Gasteiger partial charge >= 0.3 is 5.97 Å². The number of aryl methyl sites for hydroxylation is 2. The number of ether oxygens (including phenoxy) is 1. The summed E-state index contributed by atoms with van der Waals surface area (Å²) in [6, 6.07) is 40.5. The molecule has 2 atom stereocenters. The number of likely N-dealkylation sites (N-methyl/N-ethyl adjacent to an activating group) is 1. The molecule has 0 fully saturated rings. The number of rotatable bonds is 13. The zero-order valence-corrected chi connectivity index (χ0v) is 28.8. The summed E-state index contributed by atoms with van der Waals surface area (Å²) >= 11 is 0. The number of aromatic nitrogens is 1. The molecule has 0 saturated carbocycles. The maximum atomic E-state index is 14.5. The fraction of sp³-hybridized carbons (Fsp3) is 0.205. The molecule has 252 valence electrons. The van der Waals surface area contributed by atoms with E-state index in [1.807, 2.05) is 135 Å². The van der Waals surface area contributed by atoms with Gasteiger partial charge in [-0.2, -0.15) is 0 Å². The molecule has 1 heterocycles. The molecule has 0 bridgehead atoms. The second-order valence-corrected chi connectivity index (χ2v) is 13.1. The molecule has 0 aliphatic carbocycles. The van der Waals surface area contributed by atoms with Crippen molar-refractivity contribution in [1.29, 1.82) is 0 Å². The highest BCUT2D eigenvalue weighted by atomic mass is 16.5. The molecule has 0 unspecified atom stereocenters. The smallest absolute Gasteiger partial charge is 0.310 e. The van der Waals surface area contributed by atoms with E-state index in [2.05, 4.69) is 17.1 Å². The van der Waals surface area contributed by atoms with E-state index in [9.17, 15) is 14.4 Å². The fourth-order valence-electron chi connectivity index (χ4n) is 6.63. The van der Waals surface area contributed by atoms with Crippen molar-refractivity contribution in [3.05, 3.63) is 167 Å². The van der Waals surface area contributed by atoms with Crippen molar-refractivity contribution < 1.29 is 19.1 Å². The summed E-state index contributed by atoms with van der Waals surface area (Å²) in [5, 5.41) is 0.998. The molecule has 1 amide bonds. The molecule has 0 radical (unpaired) electrons. The van der Waals surface area contributed by atoms with Gasteiger partial charge in [-0.1, -0.05) is 120 Å². The van der Waals surface area contributed by atoms with E-state index in [0.717, 1.165) is 49.8 Å². The number of para-hydroxylation sites is 1. The summed E-state index contributed by atoms with van der Waals surface area (Å²) in [5.74, 6) is -1.63. The molecular formula is C44H42N2O4. The monoisotopic (exact) mass is 662 g/mol. The number of esters is 1. The second-order valence-electron chi connectivity index (χ2n) is 13.1. The molecule has 0 aliphatic rings. The van der Waals surface area contributed by atoms with Gasteiger partial charge in [0.1, 0.15) is 6.61 Å². The van der Waals surface area contributed by atoms with Gasteiger partial charge in [-0.15, -0.1) is 0 Å². The number of fused-ring (bicyclic) bond motifs is 1. The van der Waals surface area contributed by atoms with Gasteiger partial charge in [0.15, 0.2) is 5.78 Å². The Bertz CT molecular complexity index is 2060. The Morgan fingerprint density at radius 3 is 2.02 bits per heavy atom. The number of hydrogen-bond acceptors (Lipinski definition) is 4. The number of carbonyl (C=O) groups excluding carboxylic acids is 3. The Balaban J connectivity index is 1.29. The maximum Gasteiger partial charge on any atom is 0.310 e. The number of benzene rings is 5. The summed E-state index contributed by atoms with van der Waals surface area (Å²) in [6.45, 7) is 4.02. The van der Waals surface area contributed by atoms with Crippen LogP contribution >= 0.6 is 0 Å². The highest BCUT2D eigenvalue weighted by molar-refractivity contribution is 5.99. The van der Waals surface area contributed by atoms with Crippen LogP contribution in [-0.2, 0) is 33.8 Å². The van der Waals surface area contributed by atoms with Crippen molar-refractivity contribution in [1.82, 2.24) is 9.88 Å². The highest BCUT2D eigenvalue weighted by Crippen LogP contribution is 2.26. The molecule has 6 heteroatoms. The van der Waals surface area contributed by atoms with Crippen molar-refractivity contribution in [2.24, 2.45) is 5.92 Å². The lowest BCUT2D eigenvalue weighted by Crippen LogP contribution is -2.45. The van der Waals surface area contributed by atoms with Gasteiger partial charge in [0, 0.05) is 36.1 Å². The van der Waals surface area contributed by atoms with Gasteiger partial charge in [-0.25, -0.2) is 0 Å². The van der Waals surface area contributed by atoms with Gasteiger partial charge < -0.3 is 14.6 Å². The highest BCUT2D eigenvalue weighted by Gasteiger charge is 2.33. The first-order valence-corrected chi connectivity index (χ1v) is 17.0. The third-order valence-electron chi connectivity index (χ3n) is 9.26. The minimum Gasteiger partial charge on any atom is -0.461 e. The lowest BCUT2D eigenvalue weighted by atomic mass is 9.89. The van der Waals surface area contributed by atoms with E-state index in [1.165, 1.54) is 0 Å². The summed E-state index contributed by atoms with van der Waals surface area (Å²) in [5.41, 5.74) is 8.32. The Kier molecular flexibility index (Phi) is 10.7. The van der Waals surface area contributed by atoms with E-state index >= 15 is 0 Å². The molecule has 0 spiro atoms. The quantitative estimate of drug-likeness (QED) is 0.126. The minimum atomic E-state index is -0.807. The normalized spacial score (nSPS) is 12.3. The molecule has 50 heavy (non-hydrogen) atoms. The number of H-pyrrole nitrogens is 1. The SMILES string of the molecule is Cc1cc(C)cc(C(=O)N(C)[C@H](Cc2ccc(-c3ccccc3)cc2)C(=O)C[C@@H](Cc2c[nH]c3ccccc23)C(=O)OCc2ccccc2)c1. The van der Waals surface area contributed by atoms with Crippen molar-refractivity contribution in [3.63, 3.8) is 0 Å². The van der Waals surface area contributed by atoms with Crippen LogP contribution in [0.4, 0.5) is 0 Å². The van der Waals surface area contributed by atoms with E-state index in [1.54, 1.807) is 11.9 Å². The van der Waals surface area contributed by atoms with E-state index < -0.39 is 17.9 Å². The third kappa shape index (κ3) is 8.27. The van der Waals surface area contributed by atoms with E-state index in [-0.39, 0.29) is 24.7 Å². The lowest BCUT2D eigenvalue weighted by molar-refractivity contribution is -0.151. The largest absolute Gasteiger partial charge is 0.461 e. The number of aromatic amines is 1. The van der Waals surface area contributed by atoms with Gasteiger partial charge in [-0.3, -0.25) is 14.4 Å². The number of hydrogen-bond donors (Lipinski definition) is 1. The average molecular weight is 663 g/mol. The zero-order valence-electron chi connectivity index (χ0n) is 28.8. The predicted octanol–water partition coefficient (Wildman–Crippen LogP) is 8.70. The van der Waals surface area contributed by atoms with Crippen LogP contribution < -0.4 is 0 Å². The summed E-state index contributed by atoms with van der Waals surface area (Å²) in [7, 11) is 1.68. The first-order valence-electron chi connectivity index (χ1n) is 17.0. The molecule has 1 aromatic heterocycles. The van der Waals surface area contributed by atoms with Gasteiger partial charge in [0.25, 0.3) is 5.91 Å². The second kappa shape index (κ2) is 15.6. The van der Waals surface area contributed by atoms with E-state index in [0.29, 0.717) is 18.4 Å². The first kappa shape index (κ1) is 34.1. The van der Waals surface area contributed by atoms with Gasteiger partial charge in [0.05, 0.1) is 12.0 Å². The van der Waals surface area contributed by atoms with Crippen molar-refractivity contribution in [3.8, 4) is 11.1 Å². The molecule has 0 aliphatic heterocycles. The Morgan fingerprint density at radius 1 is 0.700 bits per heavy atom. The van der Waals surface area contributed by atoms with Crippen molar-refractivity contribution in [2.75, 3.05) is 7.05 Å². The number of nitrogens with zero attached hydrogens (tertiary/aromatic N) is 1. The number of amides is 1. The van der Waals surface area contributed by atoms with Crippen LogP contribution in [-0.4, -0.2) is 40.6 Å². The number of Topliss-reactive ketones (excluding diaryl/α,β-unsaturated/α-hetero) is 1. The molecular weight excluding hydrogens is 620 g/mol. The third-order valence-corrected chi connectivity index (χ3v) is 9.26. The molecule has 0 saturated heterocycles. The Morgan fingerprint density at radius 2 is 1.32 bits per heavy atom. The summed E-state index contributed by atoms with van der Waals surface area (Å²) < 4.78 is 5.83. The fourth-order valence-corrected chi connectivity index (χ4v) is 6.63. The predicted molar refractivity (Wildman–Crippen MR) is 199 cm³/mol. The van der Waals surface area contributed by atoms with Crippen molar-refractivity contribution >= 4 is 28.6 Å². The van der Waals surface area contributed by atoms with Gasteiger partial charge in [0.2, 0.25) is 0 Å². The van der Waals surface area contributed by atoms with Crippen LogP contribution in [0.25, 0.3) is 22.0 Å². The number of ketones is 1. The molecule has 6 rings (SSSR count). The topological polar surface area (TPSA) is 79.5 Å². The van der Waals surface area contributed by atoms with E-state index in [4.69, 9.17) is 4.74 Å². The maximum absolute atomic E-state index is 14.5. The number of nitrogens with one attached hydrogen (secondary N) is 1. The van der Waals surface area contributed by atoms with Crippen LogP contribution in [0.15, 0.2) is 134 Å². The van der Waals surface area contributed by atoms with Crippen LogP contribution in [0.1, 0.15) is 44.6 Å². The Hall–Kier alpha value is -5.75.